The molecule has 0 radical (unpaired) electrons. The molecule has 20 heavy (non-hydrogen) atoms. The number of phenols is 1. The number of aromatic hydroxyl groups is 1. The van der Waals surface area contributed by atoms with Crippen LogP contribution in [0.15, 0.2) is 60.7 Å². The predicted molar refractivity (Wildman–Crippen MR) is 81.9 cm³/mol. The normalized spacial score (nSPS) is 10.4. The molecule has 0 aliphatic carbocycles. The average molecular weight is 265 g/mol. The van der Waals surface area contributed by atoms with Crippen molar-refractivity contribution in [2.75, 3.05) is 12.4 Å². The van der Waals surface area contributed by atoms with E-state index in [4.69, 9.17) is 4.74 Å². The van der Waals surface area contributed by atoms with Crippen molar-refractivity contribution in [3.63, 3.8) is 0 Å². The van der Waals surface area contributed by atoms with E-state index in [9.17, 15) is 5.11 Å². The number of phenolic OH excluding ortho intramolecular Hbond substituents is 1. The summed E-state index contributed by atoms with van der Waals surface area (Å²) in [6, 6.07) is 19.1. The number of ether oxygens (including phenoxy) is 1. The number of hydrogen-bond donors (Lipinski definition) is 2. The van der Waals surface area contributed by atoms with Gasteiger partial charge < -0.3 is 15.2 Å². The Labute approximate surface area is 117 Å². The first-order valence-electron chi connectivity index (χ1n) is 6.39. The van der Waals surface area contributed by atoms with Gasteiger partial charge in [-0.3, -0.25) is 0 Å². The van der Waals surface area contributed by atoms with E-state index in [-0.39, 0.29) is 0 Å². The highest BCUT2D eigenvalue weighted by molar-refractivity contribution is 5.91. The van der Waals surface area contributed by atoms with Gasteiger partial charge in [0.2, 0.25) is 0 Å². The van der Waals surface area contributed by atoms with Crippen molar-refractivity contribution in [2.24, 2.45) is 0 Å². The van der Waals surface area contributed by atoms with Gasteiger partial charge in [-0.15, -0.1) is 0 Å². The summed E-state index contributed by atoms with van der Waals surface area (Å²) in [4.78, 5) is 0. The molecule has 0 saturated heterocycles. The summed E-state index contributed by atoms with van der Waals surface area (Å²) < 4.78 is 5.13. The molecule has 0 heterocycles. The summed E-state index contributed by atoms with van der Waals surface area (Å²) in [6.45, 7) is 0. The lowest BCUT2D eigenvalue weighted by Crippen LogP contribution is -1.90. The Bertz CT molecular complexity index is 736. The molecule has 0 saturated carbocycles. The molecule has 0 aromatic heterocycles. The van der Waals surface area contributed by atoms with Gasteiger partial charge in [0.15, 0.2) is 0 Å². The van der Waals surface area contributed by atoms with Crippen LogP contribution in [0.3, 0.4) is 0 Å². The summed E-state index contributed by atoms with van der Waals surface area (Å²) in [6.07, 6.45) is 0. The fourth-order valence-electron chi connectivity index (χ4n) is 2.19. The van der Waals surface area contributed by atoms with E-state index < -0.39 is 0 Å². The Morgan fingerprint density at radius 3 is 2.40 bits per heavy atom. The second-order valence-corrected chi connectivity index (χ2v) is 4.57. The van der Waals surface area contributed by atoms with Gasteiger partial charge in [-0.2, -0.15) is 0 Å². The average Bonchev–Trinajstić information content (AvgIpc) is 2.48. The van der Waals surface area contributed by atoms with Crippen LogP contribution in [0.1, 0.15) is 0 Å². The molecule has 3 rings (SSSR count). The molecule has 3 heteroatoms. The summed E-state index contributed by atoms with van der Waals surface area (Å²) in [5.41, 5.74) is 1.97. The standard InChI is InChI=1S/C17H15NO2/c1-20-15-8-5-13(6-9-15)18-14-7-10-16-12(11-14)3-2-4-17(16)19/h2-11,18-19H,1H3. The Hall–Kier alpha value is -2.68. The Morgan fingerprint density at radius 2 is 1.65 bits per heavy atom. The van der Waals surface area contributed by atoms with E-state index in [1.165, 1.54) is 0 Å². The molecule has 0 atom stereocenters. The molecule has 0 aliphatic rings. The van der Waals surface area contributed by atoms with Crippen LogP contribution in [-0.4, -0.2) is 12.2 Å². The molecule has 0 unspecified atom stereocenters. The molecular formula is C17H15NO2. The van der Waals surface area contributed by atoms with Gasteiger partial charge in [-0.25, -0.2) is 0 Å². The van der Waals surface area contributed by atoms with Crippen molar-refractivity contribution in [1.82, 2.24) is 0 Å². The first kappa shape index (κ1) is 12.4. The zero-order chi connectivity index (χ0) is 13.9. The maximum Gasteiger partial charge on any atom is 0.123 e. The van der Waals surface area contributed by atoms with Crippen LogP contribution in [0.2, 0.25) is 0 Å². The van der Waals surface area contributed by atoms with E-state index in [0.717, 1.165) is 27.9 Å². The largest absolute Gasteiger partial charge is 0.507 e. The van der Waals surface area contributed by atoms with E-state index in [1.807, 2.05) is 54.6 Å². The minimum atomic E-state index is 0.304. The van der Waals surface area contributed by atoms with E-state index in [2.05, 4.69) is 5.32 Å². The molecule has 0 spiro atoms. The third-order valence-electron chi connectivity index (χ3n) is 3.24. The molecule has 3 nitrogen and oxygen atoms in total. The second-order valence-electron chi connectivity index (χ2n) is 4.57. The summed E-state index contributed by atoms with van der Waals surface area (Å²) >= 11 is 0. The lowest BCUT2D eigenvalue weighted by atomic mass is 10.1. The quantitative estimate of drug-likeness (QED) is 0.742. The zero-order valence-corrected chi connectivity index (χ0v) is 11.1. The van der Waals surface area contributed by atoms with Crippen LogP contribution in [0.25, 0.3) is 10.8 Å². The third-order valence-corrected chi connectivity index (χ3v) is 3.24. The summed E-state index contributed by atoms with van der Waals surface area (Å²) in [5, 5.41) is 15.0. The lowest BCUT2D eigenvalue weighted by molar-refractivity contribution is 0.415. The minimum Gasteiger partial charge on any atom is -0.507 e. The molecule has 2 N–H and O–H groups in total. The van der Waals surface area contributed by atoms with Gasteiger partial charge in [0, 0.05) is 16.8 Å². The molecule has 0 bridgehead atoms. The number of methoxy groups -OCH3 is 1. The SMILES string of the molecule is COc1ccc(Nc2ccc3c(O)cccc3c2)cc1. The van der Waals surface area contributed by atoms with Crippen LogP contribution >= 0.6 is 0 Å². The smallest absolute Gasteiger partial charge is 0.123 e. The van der Waals surface area contributed by atoms with Crippen LogP contribution in [0.4, 0.5) is 11.4 Å². The van der Waals surface area contributed by atoms with E-state index in [0.29, 0.717) is 5.75 Å². The number of rotatable bonds is 3. The van der Waals surface area contributed by atoms with Crippen molar-refractivity contribution in [3.05, 3.63) is 60.7 Å². The van der Waals surface area contributed by atoms with Gasteiger partial charge >= 0.3 is 0 Å². The van der Waals surface area contributed by atoms with E-state index >= 15 is 0 Å². The summed E-state index contributed by atoms with van der Waals surface area (Å²) in [7, 11) is 1.65. The molecule has 0 fully saturated rings. The first-order chi connectivity index (χ1) is 9.76. The van der Waals surface area contributed by atoms with Crippen molar-refractivity contribution >= 4 is 22.1 Å². The fourth-order valence-corrected chi connectivity index (χ4v) is 2.19. The molecule has 100 valence electrons. The lowest BCUT2D eigenvalue weighted by Gasteiger charge is -2.09. The van der Waals surface area contributed by atoms with Gasteiger partial charge in [-0.1, -0.05) is 12.1 Å². The third kappa shape index (κ3) is 2.38. The number of hydrogen-bond acceptors (Lipinski definition) is 3. The molecule has 0 amide bonds. The highest BCUT2D eigenvalue weighted by Gasteiger charge is 2.01. The number of benzene rings is 3. The maximum atomic E-state index is 9.78. The maximum absolute atomic E-state index is 9.78. The Balaban J connectivity index is 1.90. The number of anilines is 2. The summed E-state index contributed by atoms with van der Waals surface area (Å²) in [5.74, 6) is 1.14. The van der Waals surface area contributed by atoms with Crippen LogP contribution in [-0.2, 0) is 0 Å². The highest BCUT2D eigenvalue weighted by atomic mass is 16.5. The van der Waals surface area contributed by atoms with Crippen molar-refractivity contribution in [3.8, 4) is 11.5 Å². The van der Waals surface area contributed by atoms with Crippen molar-refractivity contribution < 1.29 is 9.84 Å². The second kappa shape index (κ2) is 5.13. The molecule has 3 aromatic rings. The Kier molecular flexibility index (Phi) is 3.17. The number of nitrogens with one attached hydrogen (secondary N) is 1. The predicted octanol–water partition coefficient (Wildman–Crippen LogP) is 4.30. The van der Waals surface area contributed by atoms with Crippen LogP contribution < -0.4 is 10.1 Å². The van der Waals surface area contributed by atoms with Gasteiger partial charge in [-0.05, 0) is 53.9 Å². The van der Waals surface area contributed by atoms with Gasteiger partial charge in [0.25, 0.3) is 0 Å². The first-order valence-corrected chi connectivity index (χ1v) is 6.39. The topological polar surface area (TPSA) is 41.5 Å². The van der Waals surface area contributed by atoms with Crippen LogP contribution in [0.5, 0.6) is 11.5 Å². The highest BCUT2D eigenvalue weighted by Crippen LogP contribution is 2.28. The minimum absolute atomic E-state index is 0.304. The Morgan fingerprint density at radius 1 is 0.900 bits per heavy atom. The van der Waals surface area contributed by atoms with Crippen molar-refractivity contribution in [1.29, 1.82) is 0 Å². The number of fused-ring (bicyclic) bond motifs is 1. The monoisotopic (exact) mass is 265 g/mol. The van der Waals surface area contributed by atoms with Crippen LogP contribution in [0, 0.1) is 0 Å². The van der Waals surface area contributed by atoms with E-state index in [1.54, 1.807) is 13.2 Å². The zero-order valence-electron chi connectivity index (χ0n) is 11.1. The van der Waals surface area contributed by atoms with Crippen molar-refractivity contribution in [2.45, 2.75) is 0 Å². The molecule has 3 aromatic carbocycles. The van der Waals surface area contributed by atoms with Gasteiger partial charge in [0.05, 0.1) is 7.11 Å². The molecule has 0 aliphatic heterocycles. The molecular weight excluding hydrogens is 250 g/mol. The van der Waals surface area contributed by atoms with Gasteiger partial charge in [0.1, 0.15) is 11.5 Å². The fraction of sp³-hybridized carbons (Fsp3) is 0.0588.